The maximum Gasteiger partial charge on any atom is 0.203 e. The first-order chi connectivity index (χ1) is 11.6. The Hall–Kier alpha value is -1.49. The number of hydrogen-bond donors (Lipinski definition) is 1. The molecule has 0 unspecified atom stereocenters. The van der Waals surface area contributed by atoms with Crippen LogP contribution in [0.15, 0.2) is 59.5 Å². The fraction of sp³-hybridized carbons (Fsp3) is 0.400. The quantitative estimate of drug-likeness (QED) is 0.769. The highest BCUT2D eigenvalue weighted by atomic mass is 32.2. The maximum absolute atomic E-state index is 13.3. The van der Waals surface area contributed by atoms with E-state index in [1.807, 2.05) is 61.5 Å². The summed E-state index contributed by atoms with van der Waals surface area (Å²) in [6.45, 7) is 4.12. The number of aliphatic hydroxyl groups is 1. The van der Waals surface area contributed by atoms with E-state index < -0.39 is 21.8 Å². The van der Waals surface area contributed by atoms with E-state index in [1.165, 1.54) is 0 Å². The highest BCUT2D eigenvalue weighted by Crippen LogP contribution is 2.53. The van der Waals surface area contributed by atoms with Crippen LogP contribution in [0.5, 0.6) is 0 Å². The van der Waals surface area contributed by atoms with E-state index in [9.17, 15) is 9.32 Å². The molecule has 128 valence electrons. The van der Waals surface area contributed by atoms with Crippen LogP contribution in [-0.2, 0) is 15.5 Å². The van der Waals surface area contributed by atoms with E-state index in [0.29, 0.717) is 4.90 Å². The number of epoxide rings is 1. The topological polar surface area (TPSA) is 49.8 Å². The molecule has 1 aliphatic heterocycles. The monoisotopic (exact) mass is 344 g/mol. The summed E-state index contributed by atoms with van der Waals surface area (Å²) >= 11 is 0. The molecule has 0 spiro atoms. The van der Waals surface area contributed by atoms with Crippen molar-refractivity contribution >= 4 is 10.8 Å². The third-order valence-electron chi connectivity index (χ3n) is 4.56. The summed E-state index contributed by atoms with van der Waals surface area (Å²) in [5.74, 6) is 0. The SMILES string of the molecule is CCCC[C@@H]1O[C@]1([C@@H](O)c1ccccc1)[S@@](=O)c1ccc(C)cc1. The fourth-order valence-electron chi connectivity index (χ4n) is 3.06. The standard InChI is InChI=1S/C20H24O3S/c1-3-4-10-18-20(23-18,19(21)16-8-6-5-7-9-16)24(22)17-13-11-15(2)12-14-17/h5-9,11-14,18-19,21H,3-4,10H2,1-2H3/t18-,19-,20-,24-/m0/s1. The molecule has 0 amide bonds. The van der Waals surface area contributed by atoms with E-state index >= 15 is 0 Å². The molecule has 1 heterocycles. The Bertz CT molecular complexity index is 699. The van der Waals surface area contributed by atoms with Crippen molar-refractivity contribution in [2.24, 2.45) is 0 Å². The van der Waals surface area contributed by atoms with Crippen molar-refractivity contribution in [3.8, 4) is 0 Å². The Kier molecular flexibility index (Phi) is 5.18. The second-order valence-corrected chi connectivity index (χ2v) is 8.01. The number of aryl methyl sites for hydroxylation is 1. The number of unbranched alkanes of at least 4 members (excludes halogenated alkanes) is 1. The van der Waals surface area contributed by atoms with E-state index in [-0.39, 0.29) is 6.10 Å². The Morgan fingerprint density at radius 2 is 1.83 bits per heavy atom. The number of rotatable bonds is 7. The third-order valence-corrected chi connectivity index (χ3v) is 6.42. The first-order valence-corrected chi connectivity index (χ1v) is 9.64. The normalized spacial score (nSPS) is 25.2. The van der Waals surface area contributed by atoms with Gasteiger partial charge in [0.15, 0.2) is 0 Å². The molecule has 2 aromatic carbocycles. The van der Waals surface area contributed by atoms with Gasteiger partial charge in [0, 0.05) is 4.90 Å². The molecule has 1 N–H and O–H groups in total. The van der Waals surface area contributed by atoms with E-state index in [0.717, 1.165) is 30.4 Å². The van der Waals surface area contributed by atoms with Crippen molar-refractivity contribution in [3.05, 3.63) is 65.7 Å². The largest absolute Gasteiger partial charge is 0.384 e. The second-order valence-electron chi connectivity index (χ2n) is 6.37. The third kappa shape index (κ3) is 3.18. The molecule has 3 nitrogen and oxygen atoms in total. The van der Waals surface area contributed by atoms with Crippen molar-refractivity contribution in [1.29, 1.82) is 0 Å². The molecule has 4 atom stereocenters. The first-order valence-electron chi connectivity index (χ1n) is 8.49. The van der Waals surface area contributed by atoms with Crippen LogP contribution in [0.25, 0.3) is 0 Å². The predicted octanol–water partition coefficient (Wildman–Crippen LogP) is 4.12. The fourth-order valence-corrected chi connectivity index (χ4v) is 4.71. The zero-order chi connectivity index (χ0) is 17.2. The maximum atomic E-state index is 13.3. The van der Waals surface area contributed by atoms with Crippen LogP contribution < -0.4 is 0 Å². The van der Waals surface area contributed by atoms with Crippen LogP contribution in [0.2, 0.25) is 0 Å². The molecule has 0 aromatic heterocycles. The molecule has 2 aromatic rings. The van der Waals surface area contributed by atoms with Crippen molar-refractivity contribution in [1.82, 2.24) is 0 Å². The summed E-state index contributed by atoms with van der Waals surface area (Å²) in [6, 6.07) is 17.0. The molecule has 1 fully saturated rings. The molecule has 24 heavy (non-hydrogen) atoms. The summed E-state index contributed by atoms with van der Waals surface area (Å²) in [5.41, 5.74) is 1.87. The summed E-state index contributed by atoms with van der Waals surface area (Å²) in [4.78, 5) is -0.333. The minimum Gasteiger partial charge on any atom is -0.384 e. The Morgan fingerprint density at radius 3 is 2.46 bits per heavy atom. The molecule has 3 rings (SSSR count). The Balaban J connectivity index is 1.92. The molecule has 1 saturated heterocycles. The molecule has 0 radical (unpaired) electrons. The lowest BCUT2D eigenvalue weighted by Crippen LogP contribution is -2.31. The van der Waals surface area contributed by atoms with Crippen molar-refractivity contribution in [2.75, 3.05) is 0 Å². The van der Waals surface area contributed by atoms with Gasteiger partial charge in [-0.05, 0) is 31.0 Å². The molecular weight excluding hydrogens is 320 g/mol. The van der Waals surface area contributed by atoms with Gasteiger partial charge >= 0.3 is 0 Å². The van der Waals surface area contributed by atoms with Crippen LogP contribution in [-0.4, -0.2) is 20.4 Å². The molecular formula is C20H24O3S. The van der Waals surface area contributed by atoms with Crippen molar-refractivity contribution < 1.29 is 14.1 Å². The highest BCUT2D eigenvalue weighted by Gasteiger charge is 2.66. The van der Waals surface area contributed by atoms with Crippen molar-refractivity contribution in [2.45, 2.75) is 55.1 Å². The van der Waals surface area contributed by atoms with Crippen LogP contribution in [0.1, 0.15) is 43.4 Å². The van der Waals surface area contributed by atoms with Gasteiger partial charge in [0.2, 0.25) is 4.93 Å². The number of hydrogen-bond acceptors (Lipinski definition) is 3. The van der Waals surface area contributed by atoms with Crippen molar-refractivity contribution in [3.63, 3.8) is 0 Å². The second kappa shape index (κ2) is 7.18. The predicted molar refractivity (Wildman–Crippen MR) is 96.1 cm³/mol. The van der Waals surface area contributed by atoms with Crippen LogP contribution in [0.3, 0.4) is 0 Å². The van der Waals surface area contributed by atoms with Gasteiger partial charge in [-0.3, -0.25) is 4.21 Å². The number of aliphatic hydroxyl groups excluding tert-OH is 1. The molecule has 0 bridgehead atoms. The smallest absolute Gasteiger partial charge is 0.203 e. The van der Waals surface area contributed by atoms with E-state index in [2.05, 4.69) is 6.92 Å². The van der Waals surface area contributed by atoms with Crippen LogP contribution >= 0.6 is 0 Å². The zero-order valence-corrected chi connectivity index (χ0v) is 15.0. The lowest BCUT2D eigenvalue weighted by molar-refractivity contribution is 0.118. The average molecular weight is 344 g/mol. The van der Waals surface area contributed by atoms with Gasteiger partial charge in [-0.2, -0.15) is 0 Å². The van der Waals surface area contributed by atoms with E-state index in [4.69, 9.17) is 4.74 Å². The lowest BCUT2D eigenvalue weighted by atomic mass is 10.0. The molecule has 1 aliphatic rings. The molecule has 4 heteroatoms. The van der Waals surface area contributed by atoms with Crippen LogP contribution in [0, 0.1) is 6.92 Å². The van der Waals surface area contributed by atoms with Gasteiger partial charge in [-0.25, -0.2) is 0 Å². The average Bonchev–Trinajstić information content (AvgIpc) is 3.35. The number of ether oxygens (including phenoxy) is 1. The summed E-state index contributed by atoms with van der Waals surface area (Å²) < 4.78 is 19.2. The highest BCUT2D eigenvalue weighted by molar-refractivity contribution is 7.86. The molecule has 0 saturated carbocycles. The van der Waals surface area contributed by atoms with Gasteiger partial charge in [0.1, 0.15) is 12.2 Å². The minimum absolute atomic E-state index is 0.171. The summed E-state index contributed by atoms with van der Waals surface area (Å²) in [5, 5.41) is 10.9. The first kappa shape index (κ1) is 17.3. The lowest BCUT2D eigenvalue weighted by Gasteiger charge is -2.20. The number of benzene rings is 2. The van der Waals surface area contributed by atoms with Gasteiger partial charge in [-0.1, -0.05) is 67.8 Å². The summed E-state index contributed by atoms with van der Waals surface area (Å²) in [7, 11) is -1.43. The van der Waals surface area contributed by atoms with Gasteiger partial charge in [0.25, 0.3) is 0 Å². The zero-order valence-electron chi connectivity index (χ0n) is 14.1. The molecule has 0 aliphatic carbocycles. The van der Waals surface area contributed by atoms with Gasteiger partial charge < -0.3 is 9.84 Å². The van der Waals surface area contributed by atoms with Gasteiger partial charge in [0.05, 0.1) is 10.8 Å². The Morgan fingerprint density at radius 1 is 1.17 bits per heavy atom. The van der Waals surface area contributed by atoms with Gasteiger partial charge in [-0.15, -0.1) is 0 Å². The van der Waals surface area contributed by atoms with Crippen LogP contribution in [0.4, 0.5) is 0 Å². The Labute approximate surface area is 146 Å². The minimum atomic E-state index is -1.43. The van der Waals surface area contributed by atoms with E-state index in [1.54, 1.807) is 0 Å². The summed E-state index contributed by atoms with van der Waals surface area (Å²) in [6.07, 6.45) is 1.79.